The summed E-state index contributed by atoms with van der Waals surface area (Å²) in [6, 6.07) is 5.31. The number of rotatable bonds is 8. The summed E-state index contributed by atoms with van der Waals surface area (Å²) in [5.41, 5.74) is 8.52. The number of aryl methyl sites for hydroxylation is 1. The Morgan fingerprint density at radius 3 is 2.36 bits per heavy atom. The number of allylic oxidation sites excluding steroid dienone is 3. The Labute approximate surface area is 233 Å². The fourth-order valence-corrected chi connectivity index (χ4v) is 6.17. The van der Waals surface area contributed by atoms with Crippen LogP contribution in [0.15, 0.2) is 41.2 Å². The third-order valence-corrected chi connectivity index (χ3v) is 8.73. The Hall–Kier alpha value is -3.10. The van der Waals surface area contributed by atoms with E-state index in [1.54, 1.807) is 0 Å². The van der Waals surface area contributed by atoms with Crippen molar-refractivity contribution in [2.24, 2.45) is 7.05 Å². The highest BCUT2D eigenvalue weighted by atomic mass is 16.3. The molecule has 1 aromatic carbocycles. The topological polar surface area (TPSA) is 85.7 Å². The number of benzene rings is 1. The predicted molar refractivity (Wildman–Crippen MR) is 159 cm³/mol. The summed E-state index contributed by atoms with van der Waals surface area (Å²) in [5, 5.41) is 21.1. The normalized spacial score (nSPS) is 21.6. The molecule has 0 radical (unpaired) electrons. The van der Waals surface area contributed by atoms with Crippen LogP contribution in [0, 0.1) is 13.8 Å². The Bertz CT molecular complexity index is 1270. The van der Waals surface area contributed by atoms with Crippen LogP contribution < -0.4 is 15.5 Å². The maximum Gasteiger partial charge on any atom is 0.251 e. The highest BCUT2D eigenvalue weighted by Crippen LogP contribution is 2.36. The van der Waals surface area contributed by atoms with E-state index < -0.39 is 6.23 Å². The highest BCUT2D eigenvalue weighted by Gasteiger charge is 2.29. The Morgan fingerprint density at radius 1 is 1.13 bits per heavy atom. The van der Waals surface area contributed by atoms with Crippen LogP contribution in [0.2, 0.25) is 0 Å². The number of aliphatic hydroxyl groups is 1. The molecular formula is C31H46N6O2. The number of carbonyl (C=O) groups excluding carboxylic acids is 1. The van der Waals surface area contributed by atoms with Crippen LogP contribution in [0.1, 0.15) is 68.1 Å². The number of amides is 1. The number of aliphatic hydroxyl groups excluding tert-OH is 1. The van der Waals surface area contributed by atoms with Gasteiger partial charge in [-0.1, -0.05) is 0 Å². The summed E-state index contributed by atoms with van der Waals surface area (Å²) in [6.07, 6.45) is 7.72. The fraction of sp³-hybridized carbons (Fsp3) is 0.548. The molecule has 0 bridgehead atoms. The molecule has 1 unspecified atom stereocenters. The van der Waals surface area contributed by atoms with Gasteiger partial charge in [-0.3, -0.25) is 9.48 Å². The molecule has 1 aromatic heterocycles. The molecular weight excluding hydrogens is 488 g/mol. The second-order valence-corrected chi connectivity index (χ2v) is 11.4. The fourth-order valence-electron chi connectivity index (χ4n) is 6.17. The van der Waals surface area contributed by atoms with Gasteiger partial charge in [0.05, 0.1) is 6.20 Å². The molecule has 8 nitrogen and oxygen atoms in total. The first-order valence-corrected chi connectivity index (χ1v) is 14.2. The molecule has 39 heavy (non-hydrogen) atoms. The molecule has 0 spiro atoms. The van der Waals surface area contributed by atoms with Crippen molar-refractivity contribution in [1.29, 1.82) is 0 Å². The molecule has 1 aliphatic heterocycles. The second kappa shape index (κ2) is 12.0. The smallest absolute Gasteiger partial charge is 0.251 e. The average Bonchev–Trinajstić information content (AvgIpc) is 3.22. The number of hydrogen-bond donors (Lipinski definition) is 3. The van der Waals surface area contributed by atoms with Gasteiger partial charge in [0.15, 0.2) is 0 Å². The average molecular weight is 535 g/mol. The van der Waals surface area contributed by atoms with Gasteiger partial charge in [-0.2, -0.15) is 5.10 Å². The largest absolute Gasteiger partial charge is 0.370 e. The van der Waals surface area contributed by atoms with Crippen molar-refractivity contribution in [2.45, 2.75) is 78.6 Å². The van der Waals surface area contributed by atoms with Crippen molar-refractivity contribution in [3.05, 3.63) is 58.1 Å². The zero-order chi connectivity index (χ0) is 28.4. The van der Waals surface area contributed by atoms with E-state index >= 15 is 0 Å². The third kappa shape index (κ3) is 6.07. The second-order valence-electron chi connectivity index (χ2n) is 11.4. The minimum Gasteiger partial charge on any atom is -0.370 e. The molecule has 3 N–H and O–H groups in total. The van der Waals surface area contributed by atoms with Gasteiger partial charge in [-0.05, 0) is 109 Å². The summed E-state index contributed by atoms with van der Waals surface area (Å²) in [5.74, 6) is -0.136. The Kier molecular flexibility index (Phi) is 8.86. The van der Waals surface area contributed by atoms with Crippen LogP contribution in [0.4, 0.5) is 5.69 Å². The van der Waals surface area contributed by atoms with Crippen LogP contribution in [-0.4, -0.2) is 71.2 Å². The summed E-state index contributed by atoms with van der Waals surface area (Å²) >= 11 is 0. The lowest BCUT2D eigenvalue weighted by Crippen LogP contribution is -2.42. The van der Waals surface area contributed by atoms with Crippen molar-refractivity contribution < 1.29 is 9.90 Å². The molecule has 212 valence electrons. The first-order valence-electron chi connectivity index (χ1n) is 14.2. The summed E-state index contributed by atoms with van der Waals surface area (Å²) in [4.78, 5) is 18.6. The van der Waals surface area contributed by atoms with E-state index in [-0.39, 0.29) is 12.5 Å². The van der Waals surface area contributed by atoms with Gasteiger partial charge < -0.3 is 25.5 Å². The molecule has 8 heteroatoms. The van der Waals surface area contributed by atoms with Crippen LogP contribution in [-0.2, 0) is 7.05 Å². The van der Waals surface area contributed by atoms with E-state index in [1.807, 2.05) is 43.9 Å². The van der Waals surface area contributed by atoms with Gasteiger partial charge in [0.1, 0.15) is 6.23 Å². The minimum absolute atomic E-state index is 0.136. The molecule has 4 rings (SSSR count). The van der Waals surface area contributed by atoms with Gasteiger partial charge >= 0.3 is 0 Å². The Morgan fingerprint density at radius 2 is 1.79 bits per heavy atom. The highest BCUT2D eigenvalue weighted by molar-refractivity contribution is 5.99. The molecule has 0 saturated heterocycles. The monoisotopic (exact) mass is 534 g/mol. The predicted octanol–water partition coefficient (Wildman–Crippen LogP) is 4.27. The molecule has 2 aromatic rings. The van der Waals surface area contributed by atoms with Crippen molar-refractivity contribution >= 4 is 11.6 Å². The van der Waals surface area contributed by atoms with E-state index in [0.29, 0.717) is 17.6 Å². The van der Waals surface area contributed by atoms with Gasteiger partial charge in [-0.15, -0.1) is 0 Å². The van der Waals surface area contributed by atoms with Crippen molar-refractivity contribution in [3.63, 3.8) is 0 Å². The SMILES string of the molecule is CCN(c1cc(-c2cnn(C)c2C)cc(C(=O)NCC2=C(C)C=C(C)NC2O)c1C)C1CCC(N(C)C)CC1. The van der Waals surface area contributed by atoms with E-state index in [2.05, 4.69) is 66.5 Å². The van der Waals surface area contributed by atoms with Crippen LogP contribution in [0.25, 0.3) is 11.1 Å². The molecule has 2 heterocycles. The van der Waals surface area contributed by atoms with Gasteiger partial charge in [-0.25, -0.2) is 0 Å². The third-order valence-electron chi connectivity index (χ3n) is 8.73. The van der Waals surface area contributed by atoms with E-state index in [1.165, 1.54) is 12.8 Å². The zero-order valence-corrected chi connectivity index (χ0v) is 24.9. The number of hydrogen-bond acceptors (Lipinski definition) is 6. The number of anilines is 1. The summed E-state index contributed by atoms with van der Waals surface area (Å²) < 4.78 is 1.87. The maximum atomic E-state index is 13.7. The minimum atomic E-state index is -0.802. The zero-order valence-electron chi connectivity index (χ0n) is 24.9. The molecule has 1 aliphatic carbocycles. The van der Waals surface area contributed by atoms with Crippen LogP contribution >= 0.6 is 0 Å². The number of dihydropyridines is 1. The lowest BCUT2D eigenvalue weighted by atomic mass is 9.88. The molecule has 1 atom stereocenters. The van der Waals surface area contributed by atoms with Gasteiger partial charge in [0.25, 0.3) is 5.91 Å². The van der Waals surface area contributed by atoms with E-state index in [9.17, 15) is 9.90 Å². The standard InChI is InChI=1S/C31H46N6O2/c1-9-37(25-12-10-24(11-13-25)35(6)7)29-16-23(28-18-33-36(8)22(28)5)15-26(21(29)4)30(38)32-17-27-19(2)14-20(3)34-31(27)39/h14-16,18,24-25,31,34,39H,9-13,17H2,1-8H3,(H,32,38). The molecule has 2 aliphatic rings. The van der Waals surface area contributed by atoms with Crippen LogP contribution in [0.5, 0.6) is 0 Å². The number of carbonyl (C=O) groups is 1. The lowest BCUT2D eigenvalue weighted by Gasteiger charge is -2.40. The lowest BCUT2D eigenvalue weighted by molar-refractivity contribution is 0.0952. The molecule has 1 fully saturated rings. The summed E-state index contributed by atoms with van der Waals surface area (Å²) in [7, 11) is 6.29. The maximum absolute atomic E-state index is 13.7. The van der Waals surface area contributed by atoms with Gasteiger partial charge in [0.2, 0.25) is 0 Å². The Balaban J connectivity index is 1.69. The summed E-state index contributed by atoms with van der Waals surface area (Å²) in [6.45, 7) is 11.4. The van der Waals surface area contributed by atoms with Crippen molar-refractivity contribution in [2.75, 3.05) is 32.1 Å². The molecule has 1 saturated carbocycles. The van der Waals surface area contributed by atoms with Crippen molar-refractivity contribution in [3.8, 4) is 11.1 Å². The van der Waals surface area contributed by atoms with Crippen LogP contribution in [0.3, 0.4) is 0 Å². The quantitative estimate of drug-likeness (QED) is 0.469. The number of aromatic nitrogens is 2. The van der Waals surface area contributed by atoms with E-state index in [0.717, 1.165) is 64.3 Å². The number of nitrogens with one attached hydrogen (secondary N) is 2. The first-order chi connectivity index (χ1) is 18.5. The number of nitrogens with zero attached hydrogens (tertiary/aromatic N) is 4. The first kappa shape index (κ1) is 28.9. The van der Waals surface area contributed by atoms with Gasteiger partial charge in [0, 0.05) is 66.0 Å². The van der Waals surface area contributed by atoms with Crippen molar-refractivity contribution in [1.82, 2.24) is 25.3 Å². The molecule has 1 amide bonds. The van der Waals surface area contributed by atoms with E-state index in [4.69, 9.17) is 0 Å².